The molecule has 6 heteroatoms. The van der Waals surface area contributed by atoms with Crippen LogP contribution in [0.25, 0.3) is 0 Å². The maximum atomic E-state index is 12.8. The summed E-state index contributed by atoms with van der Waals surface area (Å²) in [4.78, 5) is 40.5. The lowest BCUT2D eigenvalue weighted by Gasteiger charge is -2.24. The highest BCUT2D eigenvalue weighted by Gasteiger charge is 2.44. The zero-order chi connectivity index (χ0) is 20.3. The minimum absolute atomic E-state index is 0.163. The molecule has 2 aromatic rings. The normalized spacial score (nSPS) is 17.9. The molecule has 0 aliphatic carbocycles. The zero-order valence-corrected chi connectivity index (χ0v) is 16.3. The van der Waals surface area contributed by atoms with Crippen LogP contribution in [0.2, 0.25) is 0 Å². The van der Waals surface area contributed by atoms with Gasteiger partial charge in [0.05, 0.1) is 6.04 Å². The number of anilines is 1. The maximum absolute atomic E-state index is 12.8. The van der Waals surface area contributed by atoms with Gasteiger partial charge in [-0.3, -0.25) is 19.4 Å². The largest absolute Gasteiger partial charge is 0.347 e. The summed E-state index contributed by atoms with van der Waals surface area (Å²) in [7, 11) is 0. The number of nitrogens with one attached hydrogen (secondary N) is 1. The Morgan fingerprint density at radius 1 is 1.00 bits per heavy atom. The molecule has 146 valence electrons. The summed E-state index contributed by atoms with van der Waals surface area (Å²) < 4.78 is 0. The molecular weight excluding hydrogens is 354 g/mol. The minimum Gasteiger partial charge on any atom is -0.347 e. The van der Waals surface area contributed by atoms with E-state index in [9.17, 15) is 14.4 Å². The molecule has 2 atom stereocenters. The molecule has 0 saturated carbocycles. The van der Waals surface area contributed by atoms with Crippen molar-refractivity contribution in [3.8, 4) is 0 Å². The van der Waals surface area contributed by atoms with Crippen molar-refractivity contribution >= 4 is 23.5 Å². The summed E-state index contributed by atoms with van der Waals surface area (Å²) in [5, 5.41) is 2.97. The number of carbonyl (C=O) groups excluding carboxylic acids is 3. The Kier molecular flexibility index (Phi) is 5.78. The van der Waals surface area contributed by atoms with Crippen molar-refractivity contribution in [2.45, 2.75) is 32.9 Å². The van der Waals surface area contributed by atoms with E-state index in [2.05, 4.69) is 5.32 Å². The second-order valence-corrected chi connectivity index (χ2v) is 7.29. The van der Waals surface area contributed by atoms with Crippen molar-refractivity contribution < 1.29 is 14.4 Å². The Hall–Kier alpha value is -3.15. The van der Waals surface area contributed by atoms with Crippen molar-refractivity contribution in [3.05, 3.63) is 66.2 Å². The van der Waals surface area contributed by atoms with Gasteiger partial charge in [-0.25, -0.2) is 4.79 Å². The number of benzene rings is 2. The average Bonchev–Trinajstić information content (AvgIpc) is 2.90. The topological polar surface area (TPSA) is 69.7 Å². The summed E-state index contributed by atoms with van der Waals surface area (Å²) in [6.45, 7) is 5.42. The molecular formula is C22H25N3O3. The molecule has 2 aromatic carbocycles. The van der Waals surface area contributed by atoms with Gasteiger partial charge in [-0.2, -0.15) is 0 Å². The van der Waals surface area contributed by atoms with E-state index in [1.165, 1.54) is 4.90 Å². The summed E-state index contributed by atoms with van der Waals surface area (Å²) >= 11 is 0. The molecule has 0 bridgehead atoms. The molecule has 1 aliphatic rings. The van der Waals surface area contributed by atoms with Gasteiger partial charge < -0.3 is 5.32 Å². The highest BCUT2D eigenvalue weighted by Crippen LogP contribution is 2.26. The second-order valence-electron chi connectivity index (χ2n) is 7.29. The van der Waals surface area contributed by atoms with Crippen LogP contribution in [0.4, 0.5) is 10.5 Å². The number of carbonyl (C=O) groups is 3. The predicted octanol–water partition coefficient (Wildman–Crippen LogP) is 3.36. The first kappa shape index (κ1) is 19.6. The lowest BCUT2D eigenvalue weighted by atomic mass is 9.96. The molecule has 1 saturated heterocycles. The summed E-state index contributed by atoms with van der Waals surface area (Å²) in [5.41, 5.74) is 1.63. The van der Waals surface area contributed by atoms with E-state index >= 15 is 0 Å². The fraction of sp³-hybridized carbons (Fsp3) is 0.318. The van der Waals surface area contributed by atoms with Gasteiger partial charge >= 0.3 is 6.03 Å². The van der Waals surface area contributed by atoms with Crippen LogP contribution in [0.1, 0.15) is 32.4 Å². The SMILES string of the molecule is CC(C)C(NC(=O)CN1C(=O)C(C)N(c2ccccc2)C1=O)c1ccccc1. The third-order valence-corrected chi connectivity index (χ3v) is 4.93. The van der Waals surface area contributed by atoms with Gasteiger partial charge in [0, 0.05) is 5.69 Å². The lowest BCUT2D eigenvalue weighted by Crippen LogP contribution is -2.43. The molecule has 2 unspecified atom stereocenters. The molecule has 1 aliphatic heterocycles. The van der Waals surface area contributed by atoms with Crippen LogP contribution in [0.15, 0.2) is 60.7 Å². The van der Waals surface area contributed by atoms with Crippen LogP contribution in [0, 0.1) is 5.92 Å². The molecule has 1 N–H and O–H groups in total. The first-order valence-electron chi connectivity index (χ1n) is 9.44. The van der Waals surface area contributed by atoms with Crippen LogP contribution < -0.4 is 10.2 Å². The van der Waals surface area contributed by atoms with E-state index in [1.54, 1.807) is 19.1 Å². The number of para-hydroxylation sites is 1. The fourth-order valence-electron chi connectivity index (χ4n) is 3.45. The third kappa shape index (κ3) is 3.91. The number of imide groups is 1. The van der Waals surface area contributed by atoms with Gasteiger partial charge in [0.2, 0.25) is 5.91 Å². The van der Waals surface area contributed by atoms with Gasteiger partial charge in [-0.15, -0.1) is 0 Å². The molecule has 6 nitrogen and oxygen atoms in total. The van der Waals surface area contributed by atoms with Crippen LogP contribution >= 0.6 is 0 Å². The summed E-state index contributed by atoms with van der Waals surface area (Å²) in [6.07, 6.45) is 0. The van der Waals surface area contributed by atoms with Crippen molar-refractivity contribution in [2.75, 3.05) is 11.4 Å². The van der Waals surface area contributed by atoms with E-state index in [0.717, 1.165) is 10.5 Å². The fourth-order valence-corrected chi connectivity index (χ4v) is 3.45. The Morgan fingerprint density at radius 2 is 1.57 bits per heavy atom. The molecule has 1 fully saturated rings. The van der Waals surface area contributed by atoms with Gasteiger partial charge in [0.25, 0.3) is 5.91 Å². The van der Waals surface area contributed by atoms with Gasteiger partial charge in [-0.1, -0.05) is 62.4 Å². The monoisotopic (exact) mass is 379 g/mol. The predicted molar refractivity (Wildman–Crippen MR) is 108 cm³/mol. The molecule has 1 heterocycles. The number of hydrogen-bond donors (Lipinski definition) is 1. The first-order valence-corrected chi connectivity index (χ1v) is 9.44. The number of hydrogen-bond acceptors (Lipinski definition) is 3. The Bertz CT molecular complexity index is 852. The molecule has 4 amide bonds. The summed E-state index contributed by atoms with van der Waals surface area (Å²) in [5.74, 6) is -0.563. The highest BCUT2D eigenvalue weighted by atomic mass is 16.2. The van der Waals surface area contributed by atoms with E-state index in [1.807, 2.05) is 62.4 Å². The van der Waals surface area contributed by atoms with Crippen LogP contribution in [-0.2, 0) is 9.59 Å². The van der Waals surface area contributed by atoms with Crippen LogP contribution in [0.3, 0.4) is 0 Å². The Balaban J connectivity index is 1.73. The van der Waals surface area contributed by atoms with Gasteiger partial charge in [0.1, 0.15) is 12.6 Å². The first-order chi connectivity index (χ1) is 13.4. The Labute approximate surface area is 165 Å². The zero-order valence-electron chi connectivity index (χ0n) is 16.3. The molecule has 28 heavy (non-hydrogen) atoms. The van der Waals surface area contributed by atoms with Crippen molar-refractivity contribution in [2.24, 2.45) is 5.92 Å². The van der Waals surface area contributed by atoms with Crippen LogP contribution in [-0.4, -0.2) is 35.3 Å². The Morgan fingerprint density at radius 3 is 2.14 bits per heavy atom. The maximum Gasteiger partial charge on any atom is 0.332 e. The van der Waals surface area contributed by atoms with E-state index < -0.39 is 12.1 Å². The number of nitrogens with zero attached hydrogens (tertiary/aromatic N) is 2. The van der Waals surface area contributed by atoms with E-state index in [4.69, 9.17) is 0 Å². The molecule has 0 spiro atoms. The standard InChI is InChI=1S/C22H25N3O3/c1-15(2)20(17-10-6-4-7-11-17)23-19(26)14-24-21(27)16(3)25(22(24)28)18-12-8-5-9-13-18/h4-13,15-16,20H,14H2,1-3H3,(H,23,26). The molecule has 0 radical (unpaired) electrons. The number of urea groups is 1. The van der Waals surface area contributed by atoms with Crippen molar-refractivity contribution in [1.82, 2.24) is 10.2 Å². The smallest absolute Gasteiger partial charge is 0.332 e. The van der Waals surface area contributed by atoms with Crippen molar-refractivity contribution in [1.29, 1.82) is 0 Å². The van der Waals surface area contributed by atoms with Gasteiger partial charge in [-0.05, 0) is 30.5 Å². The number of amides is 4. The van der Waals surface area contributed by atoms with E-state index in [-0.39, 0.29) is 30.3 Å². The third-order valence-electron chi connectivity index (χ3n) is 4.93. The van der Waals surface area contributed by atoms with Gasteiger partial charge in [0.15, 0.2) is 0 Å². The lowest BCUT2D eigenvalue weighted by molar-refractivity contribution is -0.132. The summed E-state index contributed by atoms with van der Waals surface area (Å²) in [6, 6.07) is 17.4. The average molecular weight is 379 g/mol. The second kappa shape index (κ2) is 8.25. The minimum atomic E-state index is -0.641. The quantitative estimate of drug-likeness (QED) is 0.783. The number of rotatable bonds is 6. The molecule has 0 aromatic heterocycles. The van der Waals surface area contributed by atoms with Crippen molar-refractivity contribution in [3.63, 3.8) is 0 Å². The molecule has 3 rings (SSSR count). The van der Waals surface area contributed by atoms with E-state index in [0.29, 0.717) is 5.69 Å². The highest BCUT2D eigenvalue weighted by molar-refractivity contribution is 6.15. The van der Waals surface area contributed by atoms with Crippen LogP contribution in [0.5, 0.6) is 0 Å².